The van der Waals surface area contributed by atoms with Gasteiger partial charge in [0.25, 0.3) is 0 Å². The Morgan fingerprint density at radius 2 is 1.96 bits per heavy atom. The van der Waals surface area contributed by atoms with Crippen LogP contribution in [0.5, 0.6) is 5.75 Å². The number of carbonyl (C=O) groups excluding carboxylic acids is 2. The highest BCUT2D eigenvalue weighted by Crippen LogP contribution is 2.44. The lowest BCUT2D eigenvalue weighted by Crippen LogP contribution is -2.49. The number of nitrogens with one attached hydrogen (secondary N) is 1. The van der Waals surface area contributed by atoms with Gasteiger partial charge in [0.05, 0.1) is 0 Å². The number of benzene rings is 1. The van der Waals surface area contributed by atoms with Crippen LogP contribution in [-0.4, -0.2) is 39.7 Å². The molecule has 1 aliphatic heterocycles. The van der Waals surface area contributed by atoms with Gasteiger partial charge in [-0.3, -0.25) is 9.59 Å². The standard InChI is InChI=1S/C17H22N2O3S/c1-11(20)19-14(16(22)18-12-6-2-3-7-12)10-23-17(19)13-8-4-5-9-15(13)21/h4-5,8-9,12,14,17,21H,2-3,6-7,10H2,1H3,(H,18,22)/t14-,17-/m0/s1. The summed E-state index contributed by atoms with van der Waals surface area (Å²) in [5.74, 6) is 0.498. The van der Waals surface area contributed by atoms with Gasteiger partial charge in [-0.05, 0) is 18.9 Å². The van der Waals surface area contributed by atoms with E-state index in [1.165, 1.54) is 18.7 Å². The molecule has 2 N–H and O–H groups in total. The Morgan fingerprint density at radius 1 is 1.26 bits per heavy atom. The molecule has 23 heavy (non-hydrogen) atoms. The molecule has 0 aromatic heterocycles. The molecule has 1 aromatic rings. The summed E-state index contributed by atoms with van der Waals surface area (Å²) >= 11 is 1.52. The quantitative estimate of drug-likeness (QED) is 0.891. The molecule has 2 amide bonds. The van der Waals surface area contributed by atoms with Crippen molar-refractivity contribution in [3.05, 3.63) is 29.8 Å². The highest BCUT2D eigenvalue weighted by atomic mass is 32.2. The van der Waals surface area contributed by atoms with Crippen molar-refractivity contribution in [3.63, 3.8) is 0 Å². The lowest BCUT2D eigenvalue weighted by Gasteiger charge is -2.29. The molecule has 6 heteroatoms. The Bertz CT molecular complexity index is 601. The van der Waals surface area contributed by atoms with Crippen molar-refractivity contribution in [1.29, 1.82) is 0 Å². The molecule has 0 radical (unpaired) electrons. The van der Waals surface area contributed by atoms with Crippen molar-refractivity contribution < 1.29 is 14.7 Å². The summed E-state index contributed by atoms with van der Waals surface area (Å²) in [6, 6.07) is 6.77. The molecule has 2 aliphatic rings. The molecule has 1 saturated heterocycles. The molecule has 2 fully saturated rings. The number of nitrogens with zero attached hydrogens (tertiary/aromatic N) is 1. The summed E-state index contributed by atoms with van der Waals surface area (Å²) in [5.41, 5.74) is 0.684. The van der Waals surface area contributed by atoms with E-state index in [2.05, 4.69) is 5.32 Å². The first-order valence-electron chi connectivity index (χ1n) is 8.06. The second kappa shape index (κ2) is 6.83. The van der Waals surface area contributed by atoms with Gasteiger partial charge in [-0.25, -0.2) is 0 Å². The average Bonchev–Trinajstić information content (AvgIpc) is 3.16. The zero-order chi connectivity index (χ0) is 16.4. The summed E-state index contributed by atoms with van der Waals surface area (Å²) in [7, 11) is 0. The minimum Gasteiger partial charge on any atom is -0.508 e. The van der Waals surface area contributed by atoms with E-state index in [0.29, 0.717) is 11.3 Å². The van der Waals surface area contributed by atoms with E-state index < -0.39 is 6.04 Å². The third-order valence-electron chi connectivity index (χ3n) is 4.57. The molecular formula is C17H22N2O3S. The maximum absolute atomic E-state index is 12.6. The topological polar surface area (TPSA) is 69.6 Å². The second-order valence-corrected chi connectivity index (χ2v) is 7.29. The number of hydrogen-bond acceptors (Lipinski definition) is 4. The second-order valence-electron chi connectivity index (χ2n) is 6.18. The maximum atomic E-state index is 12.6. The van der Waals surface area contributed by atoms with Crippen LogP contribution in [0.1, 0.15) is 43.5 Å². The van der Waals surface area contributed by atoms with Crippen LogP contribution in [0.3, 0.4) is 0 Å². The molecule has 1 aromatic carbocycles. The Labute approximate surface area is 140 Å². The van der Waals surface area contributed by atoms with Gasteiger partial charge in [0.15, 0.2) is 0 Å². The van der Waals surface area contributed by atoms with Crippen molar-refractivity contribution in [1.82, 2.24) is 10.2 Å². The Hall–Kier alpha value is -1.69. The highest BCUT2D eigenvalue weighted by molar-refractivity contribution is 7.99. The largest absolute Gasteiger partial charge is 0.508 e. The SMILES string of the molecule is CC(=O)N1[C@H](C(=O)NC2CCCC2)CS[C@H]1c1ccccc1O. The number of rotatable bonds is 3. The van der Waals surface area contributed by atoms with Crippen LogP contribution < -0.4 is 5.32 Å². The third kappa shape index (κ3) is 3.32. The fourth-order valence-corrected chi connectivity index (χ4v) is 4.91. The first kappa shape index (κ1) is 16.2. The molecule has 124 valence electrons. The van der Waals surface area contributed by atoms with Crippen LogP contribution >= 0.6 is 11.8 Å². The van der Waals surface area contributed by atoms with Crippen molar-refractivity contribution >= 4 is 23.6 Å². The van der Waals surface area contributed by atoms with E-state index in [1.54, 1.807) is 23.1 Å². The predicted molar refractivity (Wildman–Crippen MR) is 90.0 cm³/mol. The predicted octanol–water partition coefficient (Wildman–Crippen LogP) is 2.41. The van der Waals surface area contributed by atoms with Gasteiger partial charge in [0.1, 0.15) is 17.2 Å². The van der Waals surface area contributed by atoms with Gasteiger partial charge >= 0.3 is 0 Å². The molecule has 3 rings (SSSR count). The van der Waals surface area contributed by atoms with Gasteiger partial charge in [-0.1, -0.05) is 31.0 Å². The summed E-state index contributed by atoms with van der Waals surface area (Å²) in [6.07, 6.45) is 4.35. The zero-order valence-electron chi connectivity index (χ0n) is 13.2. The monoisotopic (exact) mass is 334 g/mol. The van der Waals surface area contributed by atoms with Crippen molar-refractivity contribution in [2.24, 2.45) is 0 Å². The van der Waals surface area contributed by atoms with Crippen LogP contribution in [0.15, 0.2) is 24.3 Å². The lowest BCUT2D eigenvalue weighted by molar-refractivity contribution is -0.138. The van der Waals surface area contributed by atoms with Gasteiger partial charge in [-0.2, -0.15) is 0 Å². The smallest absolute Gasteiger partial charge is 0.243 e. The number of phenolic OH excluding ortho intramolecular Hbond substituents is 1. The number of carbonyl (C=O) groups is 2. The minimum atomic E-state index is -0.470. The minimum absolute atomic E-state index is 0.0717. The van der Waals surface area contributed by atoms with Crippen molar-refractivity contribution in [2.75, 3.05) is 5.75 Å². The molecule has 1 saturated carbocycles. The number of thioether (sulfide) groups is 1. The van der Waals surface area contributed by atoms with Crippen molar-refractivity contribution in [3.8, 4) is 5.75 Å². The number of hydrogen-bond donors (Lipinski definition) is 2. The number of para-hydroxylation sites is 1. The van der Waals surface area contributed by atoms with E-state index in [4.69, 9.17) is 0 Å². The van der Waals surface area contributed by atoms with Gasteiger partial charge in [0.2, 0.25) is 11.8 Å². The summed E-state index contributed by atoms with van der Waals surface area (Å²) < 4.78 is 0. The van der Waals surface area contributed by atoms with E-state index in [-0.39, 0.29) is 29.0 Å². The molecule has 0 spiro atoms. The first-order chi connectivity index (χ1) is 11.1. The highest BCUT2D eigenvalue weighted by Gasteiger charge is 2.42. The van der Waals surface area contributed by atoms with E-state index in [0.717, 1.165) is 25.7 Å². The Balaban J connectivity index is 1.78. The summed E-state index contributed by atoms with van der Waals surface area (Å²) in [5, 5.41) is 12.8. The van der Waals surface area contributed by atoms with Crippen LogP contribution in [0, 0.1) is 0 Å². The van der Waals surface area contributed by atoms with Crippen molar-refractivity contribution in [2.45, 2.75) is 50.1 Å². The van der Waals surface area contributed by atoms with E-state index in [1.807, 2.05) is 6.07 Å². The number of amides is 2. The van der Waals surface area contributed by atoms with Crippen LogP contribution in [-0.2, 0) is 9.59 Å². The first-order valence-corrected chi connectivity index (χ1v) is 9.11. The van der Waals surface area contributed by atoms with Gasteiger partial charge in [-0.15, -0.1) is 11.8 Å². The molecule has 2 atom stereocenters. The lowest BCUT2D eigenvalue weighted by atomic mass is 10.1. The Morgan fingerprint density at radius 3 is 2.61 bits per heavy atom. The van der Waals surface area contributed by atoms with Gasteiger partial charge < -0.3 is 15.3 Å². The molecular weight excluding hydrogens is 312 g/mol. The summed E-state index contributed by atoms with van der Waals surface area (Å²) in [4.78, 5) is 26.3. The molecule has 1 heterocycles. The van der Waals surface area contributed by atoms with E-state index in [9.17, 15) is 14.7 Å². The van der Waals surface area contributed by atoms with Crippen LogP contribution in [0.25, 0.3) is 0 Å². The maximum Gasteiger partial charge on any atom is 0.243 e. The normalized spacial score (nSPS) is 24.8. The molecule has 0 unspecified atom stereocenters. The molecule has 0 bridgehead atoms. The molecule has 5 nitrogen and oxygen atoms in total. The fraction of sp³-hybridized carbons (Fsp3) is 0.529. The average molecular weight is 334 g/mol. The van der Waals surface area contributed by atoms with Crippen LogP contribution in [0.2, 0.25) is 0 Å². The summed E-state index contributed by atoms with van der Waals surface area (Å²) in [6.45, 7) is 1.48. The third-order valence-corrected chi connectivity index (χ3v) is 5.88. The number of phenols is 1. The molecule has 1 aliphatic carbocycles. The zero-order valence-corrected chi connectivity index (χ0v) is 14.0. The van der Waals surface area contributed by atoms with Gasteiger partial charge in [0, 0.05) is 24.3 Å². The number of aromatic hydroxyl groups is 1. The Kier molecular flexibility index (Phi) is 4.80. The fourth-order valence-electron chi connectivity index (χ4n) is 3.40. The van der Waals surface area contributed by atoms with E-state index >= 15 is 0 Å². The van der Waals surface area contributed by atoms with Crippen LogP contribution in [0.4, 0.5) is 0 Å².